The third kappa shape index (κ3) is 3.29. The van der Waals surface area contributed by atoms with E-state index in [1.54, 1.807) is 7.11 Å². The summed E-state index contributed by atoms with van der Waals surface area (Å²) in [5.41, 5.74) is 2.06. The van der Waals surface area contributed by atoms with Gasteiger partial charge in [-0.15, -0.1) is 0 Å². The highest BCUT2D eigenvalue weighted by Crippen LogP contribution is 2.30. The van der Waals surface area contributed by atoms with Crippen molar-refractivity contribution in [2.45, 2.75) is 13.3 Å². The zero-order chi connectivity index (χ0) is 11.3. The Hall–Kier alpha value is -0.930. The number of hydrogen-bond acceptors (Lipinski definition) is 3. The number of rotatable bonds is 5. The molecule has 0 saturated heterocycles. The summed E-state index contributed by atoms with van der Waals surface area (Å²) in [6.07, 6.45) is 0.725. The molecule has 0 aliphatic carbocycles. The standard InChI is InChI=1S/C11H16ClNO2/c1-8-6-11(15-2)9(12)7-10(8)13-4-3-5-14/h6-7,13-14H,3-5H2,1-2H3. The number of hydrogen-bond donors (Lipinski definition) is 2. The number of aliphatic hydroxyl groups is 1. The van der Waals surface area contributed by atoms with Crippen molar-refractivity contribution in [1.82, 2.24) is 0 Å². The molecule has 1 rings (SSSR count). The summed E-state index contributed by atoms with van der Waals surface area (Å²) in [5, 5.41) is 12.5. The number of benzene rings is 1. The minimum atomic E-state index is 0.190. The third-order valence-electron chi connectivity index (χ3n) is 2.15. The summed E-state index contributed by atoms with van der Waals surface area (Å²) < 4.78 is 5.11. The van der Waals surface area contributed by atoms with Crippen LogP contribution in [0, 0.1) is 6.92 Å². The van der Waals surface area contributed by atoms with Gasteiger partial charge >= 0.3 is 0 Å². The molecule has 0 fully saturated rings. The Morgan fingerprint density at radius 1 is 1.47 bits per heavy atom. The lowest BCUT2D eigenvalue weighted by molar-refractivity contribution is 0.292. The van der Waals surface area contributed by atoms with Crippen molar-refractivity contribution in [1.29, 1.82) is 0 Å². The summed E-state index contributed by atoms with van der Waals surface area (Å²) in [7, 11) is 1.60. The first kappa shape index (κ1) is 12.1. The van der Waals surface area contributed by atoms with E-state index in [0.29, 0.717) is 10.8 Å². The van der Waals surface area contributed by atoms with Gasteiger partial charge in [-0.25, -0.2) is 0 Å². The van der Waals surface area contributed by atoms with E-state index in [0.717, 1.165) is 24.2 Å². The first-order valence-electron chi connectivity index (χ1n) is 4.88. The zero-order valence-electron chi connectivity index (χ0n) is 9.01. The first-order valence-corrected chi connectivity index (χ1v) is 5.25. The van der Waals surface area contributed by atoms with Crippen LogP contribution in [0.25, 0.3) is 0 Å². The van der Waals surface area contributed by atoms with Gasteiger partial charge in [0, 0.05) is 18.8 Å². The van der Waals surface area contributed by atoms with Crippen molar-refractivity contribution in [3.8, 4) is 5.75 Å². The Morgan fingerprint density at radius 3 is 2.80 bits per heavy atom. The van der Waals surface area contributed by atoms with Crippen molar-refractivity contribution < 1.29 is 9.84 Å². The molecule has 4 heteroatoms. The second-order valence-electron chi connectivity index (χ2n) is 3.31. The molecule has 0 amide bonds. The Bertz CT molecular complexity index is 329. The number of aliphatic hydroxyl groups excluding tert-OH is 1. The molecule has 0 radical (unpaired) electrons. The molecule has 0 aromatic heterocycles. The number of methoxy groups -OCH3 is 1. The highest BCUT2D eigenvalue weighted by Gasteiger charge is 2.05. The highest BCUT2D eigenvalue weighted by atomic mass is 35.5. The van der Waals surface area contributed by atoms with E-state index in [2.05, 4.69) is 5.32 Å². The number of aryl methyl sites for hydroxylation is 1. The summed E-state index contributed by atoms with van der Waals surface area (Å²) in [6.45, 7) is 2.91. The normalized spacial score (nSPS) is 10.1. The van der Waals surface area contributed by atoms with Gasteiger partial charge < -0.3 is 15.2 Å². The topological polar surface area (TPSA) is 41.5 Å². The van der Waals surface area contributed by atoms with Crippen LogP contribution in [0.1, 0.15) is 12.0 Å². The average molecular weight is 230 g/mol. The minimum Gasteiger partial charge on any atom is -0.495 e. The van der Waals surface area contributed by atoms with Gasteiger partial charge in [-0.2, -0.15) is 0 Å². The van der Waals surface area contributed by atoms with Crippen LogP contribution in [0.15, 0.2) is 12.1 Å². The Balaban J connectivity index is 2.76. The van der Waals surface area contributed by atoms with E-state index >= 15 is 0 Å². The molecule has 0 atom stereocenters. The maximum atomic E-state index is 8.66. The fourth-order valence-corrected chi connectivity index (χ4v) is 1.54. The van der Waals surface area contributed by atoms with Crippen molar-refractivity contribution >= 4 is 17.3 Å². The Morgan fingerprint density at radius 2 is 2.20 bits per heavy atom. The molecule has 3 nitrogen and oxygen atoms in total. The maximum Gasteiger partial charge on any atom is 0.137 e. The summed E-state index contributed by atoms with van der Waals surface area (Å²) in [5.74, 6) is 0.682. The molecule has 1 aromatic rings. The van der Waals surface area contributed by atoms with E-state index in [1.165, 1.54) is 0 Å². The van der Waals surface area contributed by atoms with Crippen LogP contribution >= 0.6 is 11.6 Å². The van der Waals surface area contributed by atoms with Crippen LogP contribution in [0.4, 0.5) is 5.69 Å². The molecule has 84 valence electrons. The van der Waals surface area contributed by atoms with E-state index in [4.69, 9.17) is 21.4 Å². The van der Waals surface area contributed by atoms with Crippen molar-refractivity contribution in [3.63, 3.8) is 0 Å². The van der Waals surface area contributed by atoms with Gasteiger partial charge in [0.25, 0.3) is 0 Å². The predicted molar refractivity (Wildman–Crippen MR) is 62.9 cm³/mol. The maximum absolute atomic E-state index is 8.66. The molecule has 15 heavy (non-hydrogen) atoms. The molecule has 1 aromatic carbocycles. The van der Waals surface area contributed by atoms with Crippen molar-refractivity contribution in [3.05, 3.63) is 22.7 Å². The van der Waals surface area contributed by atoms with E-state index in [1.807, 2.05) is 19.1 Å². The molecule has 0 aliphatic heterocycles. The Labute approximate surface area is 95.0 Å². The van der Waals surface area contributed by atoms with Crippen LogP contribution in [-0.2, 0) is 0 Å². The molecular formula is C11H16ClNO2. The molecular weight excluding hydrogens is 214 g/mol. The number of anilines is 1. The van der Waals surface area contributed by atoms with E-state index < -0.39 is 0 Å². The van der Waals surface area contributed by atoms with Crippen molar-refractivity contribution in [2.24, 2.45) is 0 Å². The zero-order valence-corrected chi connectivity index (χ0v) is 9.77. The van der Waals surface area contributed by atoms with Gasteiger partial charge in [-0.3, -0.25) is 0 Å². The van der Waals surface area contributed by atoms with Gasteiger partial charge in [-0.05, 0) is 31.0 Å². The van der Waals surface area contributed by atoms with Crippen LogP contribution in [0.5, 0.6) is 5.75 Å². The molecule has 0 spiro atoms. The molecule has 0 bridgehead atoms. The minimum absolute atomic E-state index is 0.190. The summed E-state index contributed by atoms with van der Waals surface area (Å²) in [4.78, 5) is 0. The van der Waals surface area contributed by atoms with E-state index in [-0.39, 0.29) is 6.61 Å². The van der Waals surface area contributed by atoms with Crippen LogP contribution < -0.4 is 10.1 Å². The highest BCUT2D eigenvalue weighted by molar-refractivity contribution is 6.32. The van der Waals surface area contributed by atoms with E-state index in [9.17, 15) is 0 Å². The second kappa shape index (κ2) is 5.83. The van der Waals surface area contributed by atoms with Gasteiger partial charge in [0.2, 0.25) is 0 Å². The largest absolute Gasteiger partial charge is 0.495 e. The predicted octanol–water partition coefficient (Wildman–Crippen LogP) is 2.45. The van der Waals surface area contributed by atoms with Crippen LogP contribution in [0.2, 0.25) is 5.02 Å². The van der Waals surface area contributed by atoms with Crippen LogP contribution in [0.3, 0.4) is 0 Å². The molecule has 2 N–H and O–H groups in total. The second-order valence-corrected chi connectivity index (χ2v) is 3.71. The van der Waals surface area contributed by atoms with Gasteiger partial charge in [0.05, 0.1) is 12.1 Å². The molecule has 0 heterocycles. The number of nitrogens with one attached hydrogen (secondary N) is 1. The molecule has 0 unspecified atom stereocenters. The van der Waals surface area contributed by atoms with Gasteiger partial charge in [-0.1, -0.05) is 11.6 Å². The summed E-state index contributed by atoms with van der Waals surface area (Å²) >= 11 is 6.00. The third-order valence-corrected chi connectivity index (χ3v) is 2.44. The number of ether oxygens (including phenoxy) is 1. The molecule has 0 saturated carbocycles. The van der Waals surface area contributed by atoms with Crippen LogP contribution in [-0.4, -0.2) is 25.4 Å². The van der Waals surface area contributed by atoms with Gasteiger partial charge in [0.1, 0.15) is 5.75 Å². The lowest BCUT2D eigenvalue weighted by Crippen LogP contribution is -2.04. The lowest BCUT2D eigenvalue weighted by Gasteiger charge is -2.11. The average Bonchev–Trinajstić information content (AvgIpc) is 2.23. The first-order chi connectivity index (χ1) is 7.19. The SMILES string of the molecule is COc1cc(C)c(NCCCO)cc1Cl. The monoisotopic (exact) mass is 229 g/mol. The summed E-state index contributed by atoms with van der Waals surface area (Å²) in [6, 6.07) is 3.73. The van der Waals surface area contributed by atoms with Gasteiger partial charge in [0.15, 0.2) is 0 Å². The lowest BCUT2D eigenvalue weighted by atomic mass is 10.2. The fourth-order valence-electron chi connectivity index (χ4n) is 1.30. The van der Waals surface area contributed by atoms with Crippen molar-refractivity contribution in [2.75, 3.05) is 25.6 Å². The molecule has 0 aliphatic rings. The number of halogens is 1. The fraction of sp³-hybridized carbons (Fsp3) is 0.455. The Kier molecular flexibility index (Phi) is 4.72. The smallest absolute Gasteiger partial charge is 0.137 e. The quantitative estimate of drug-likeness (QED) is 0.763.